The molecule has 0 radical (unpaired) electrons. The Morgan fingerprint density at radius 2 is 1.23 bits per heavy atom. The van der Waals surface area contributed by atoms with Gasteiger partial charge in [-0.2, -0.15) is 43.1 Å². The molecule has 0 aliphatic carbocycles. The number of pyridine rings is 2. The van der Waals surface area contributed by atoms with Crippen LogP contribution in [-0.4, -0.2) is 77.4 Å². The van der Waals surface area contributed by atoms with E-state index in [0.717, 1.165) is 0 Å². The molecule has 12 nitrogen and oxygen atoms in total. The van der Waals surface area contributed by atoms with Crippen LogP contribution in [-0.2, 0) is 4.74 Å². The Bertz CT molecular complexity index is 1300. The molecule has 5 heterocycles. The molecule has 3 aliphatic heterocycles. The molecule has 15 heteroatoms. The Morgan fingerprint density at radius 1 is 0.714 bits per heavy atom. The highest BCUT2D eigenvalue weighted by Gasteiger charge is 2.37. The molecule has 35 heavy (non-hydrogen) atoms. The van der Waals surface area contributed by atoms with Crippen molar-refractivity contribution < 1.29 is 27.4 Å². The zero-order valence-electron chi connectivity index (χ0n) is 18.1. The first-order valence-electron chi connectivity index (χ1n) is 9.85. The van der Waals surface area contributed by atoms with Crippen LogP contribution in [0.15, 0.2) is 66.6 Å². The Kier molecular flexibility index (Phi) is 5.43. The SMILES string of the molecule is COc1ccc(C2=NC3=NC(OCC(F)(F)F)=NC4=NC(c5ccc(OC)cn5)=NC(=N2)N34)nc1. The van der Waals surface area contributed by atoms with Gasteiger partial charge in [-0.3, -0.25) is 0 Å². The van der Waals surface area contributed by atoms with Gasteiger partial charge in [0, 0.05) is 0 Å². The molecule has 2 aromatic rings. The van der Waals surface area contributed by atoms with E-state index in [1.165, 1.54) is 31.5 Å². The third-order valence-electron chi connectivity index (χ3n) is 4.58. The Morgan fingerprint density at radius 3 is 1.69 bits per heavy atom. The fourth-order valence-corrected chi connectivity index (χ4v) is 2.97. The highest BCUT2D eigenvalue weighted by molar-refractivity contribution is 6.32. The smallest absolute Gasteiger partial charge is 0.422 e. The van der Waals surface area contributed by atoms with E-state index < -0.39 is 18.8 Å². The summed E-state index contributed by atoms with van der Waals surface area (Å²) in [6, 6.07) is 5.97. The summed E-state index contributed by atoms with van der Waals surface area (Å²) in [5.74, 6) is 1.16. The molecule has 0 saturated heterocycles. The van der Waals surface area contributed by atoms with Crippen LogP contribution in [0.5, 0.6) is 11.5 Å². The minimum absolute atomic E-state index is 0.0719. The number of ether oxygens (including phenoxy) is 3. The van der Waals surface area contributed by atoms with Gasteiger partial charge in [0.15, 0.2) is 18.3 Å². The van der Waals surface area contributed by atoms with Crippen molar-refractivity contribution in [2.75, 3.05) is 20.8 Å². The second-order valence-corrected chi connectivity index (χ2v) is 6.91. The van der Waals surface area contributed by atoms with E-state index in [-0.39, 0.29) is 29.5 Å². The number of amidine groups is 3. The Hall–Kier alpha value is -4.69. The van der Waals surface area contributed by atoms with Crippen LogP contribution in [0.25, 0.3) is 0 Å². The van der Waals surface area contributed by atoms with Crippen LogP contribution >= 0.6 is 0 Å². The van der Waals surface area contributed by atoms with Gasteiger partial charge < -0.3 is 14.2 Å². The van der Waals surface area contributed by atoms with Crippen LogP contribution in [0.1, 0.15) is 11.4 Å². The molecule has 0 unspecified atom stereocenters. The number of halogens is 3. The summed E-state index contributed by atoms with van der Waals surface area (Å²) < 4.78 is 53.1. The number of hydrogen-bond donors (Lipinski definition) is 0. The average molecular weight is 485 g/mol. The maximum Gasteiger partial charge on any atom is 0.422 e. The average Bonchev–Trinajstić information content (AvgIpc) is 2.87. The molecule has 0 saturated carbocycles. The number of alkyl halides is 3. The van der Waals surface area contributed by atoms with Crippen molar-refractivity contribution >= 4 is 35.6 Å². The van der Waals surface area contributed by atoms with Gasteiger partial charge in [-0.25, -0.2) is 14.9 Å². The number of nitrogens with zero attached hydrogens (tertiary/aromatic N) is 9. The number of aliphatic imine (C=N–C) groups is 6. The number of guanidine groups is 3. The molecule has 178 valence electrons. The monoisotopic (exact) mass is 485 g/mol. The number of methoxy groups -OCH3 is 2. The first kappa shape index (κ1) is 22.1. The third kappa shape index (κ3) is 4.55. The van der Waals surface area contributed by atoms with E-state index in [2.05, 4.69) is 39.9 Å². The van der Waals surface area contributed by atoms with Crippen molar-refractivity contribution in [1.82, 2.24) is 14.9 Å². The van der Waals surface area contributed by atoms with Gasteiger partial charge in [0.1, 0.15) is 22.9 Å². The highest BCUT2D eigenvalue weighted by atomic mass is 19.4. The summed E-state index contributed by atoms with van der Waals surface area (Å²) >= 11 is 0. The van der Waals surface area contributed by atoms with Gasteiger partial charge in [-0.05, 0) is 24.3 Å². The molecular weight excluding hydrogens is 471 g/mol. The predicted octanol–water partition coefficient (Wildman–Crippen LogP) is 2.03. The lowest BCUT2D eigenvalue weighted by Crippen LogP contribution is -2.48. The first-order valence-corrected chi connectivity index (χ1v) is 9.85. The molecule has 2 aromatic heterocycles. The molecule has 0 N–H and O–H groups in total. The van der Waals surface area contributed by atoms with Crippen molar-refractivity contribution in [2.24, 2.45) is 30.0 Å². The molecular formula is C20H14F3N9O3. The number of hydrogen-bond acceptors (Lipinski definition) is 12. The topological polar surface area (TPSA) is 131 Å². The third-order valence-corrected chi connectivity index (χ3v) is 4.58. The lowest BCUT2D eigenvalue weighted by atomic mass is 10.3. The fraction of sp³-hybridized carbons (Fsp3) is 0.200. The van der Waals surface area contributed by atoms with E-state index in [9.17, 15) is 13.2 Å². The molecule has 0 spiro atoms. The molecule has 0 amide bonds. The standard InChI is InChI=1S/C20H14F3N9O3/c1-33-10-3-5-12(24-7-10)14-26-16-27-15(13-6-4-11(34-2)8-25-13)29-18-31-19(35-9-20(21,22)23)30-17(28-14)32(16)18/h3-8H,9H2,1-2H3. The largest absolute Gasteiger partial charge is 0.495 e. The van der Waals surface area contributed by atoms with Gasteiger partial charge >= 0.3 is 12.2 Å². The molecule has 0 bridgehead atoms. The van der Waals surface area contributed by atoms with Crippen LogP contribution < -0.4 is 9.47 Å². The minimum Gasteiger partial charge on any atom is -0.495 e. The summed E-state index contributed by atoms with van der Waals surface area (Å²) in [7, 11) is 3.00. The Balaban J connectivity index is 1.59. The summed E-state index contributed by atoms with van der Waals surface area (Å²) in [5, 5.41) is 0. The molecule has 0 fully saturated rings. The lowest BCUT2D eigenvalue weighted by molar-refractivity contribution is -0.156. The van der Waals surface area contributed by atoms with Crippen molar-refractivity contribution in [3.63, 3.8) is 0 Å². The van der Waals surface area contributed by atoms with E-state index in [4.69, 9.17) is 14.2 Å². The summed E-state index contributed by atoms with van der Waals surface area (Å²) in [5.41, 5.74) is 0.702. The second kappa shape index (κ2) is 8.58. The number of rotatable bonds is 5. The predicted molar refractivity (Wildman–Crippen MR) is 118 cm³/mol. The molecule has 0 aromatic carbocycles. The zero-order valence-corrected chi connectivity index (χ0v) is 18.1. The van der Waals surface area contributed by atoms with E-state index in [1.807, 2.05) is 0 Å². The quantitative estimate of drug-likeness (QED) is 0.637. The van der Waals surface area contributed by atoms with Gasteiger partial charge in [-0.15, -0.1) is 0 Å². The minimum atomic E-state index is -4.59. The van der Waals surface area contributed by atoms with Crippen LogP contribution in [0, 0.1) is 0 Å². The van der Waals surface area contributed by atoms with Crippen LogP contribution in [0.2, 0.25) is 0 Å². The van der Waals surface area contributed by atoms with Crippen molar-refractivity contribution in [1.29, 1.82) is 0 Å². The van der Waals surface area contributed by atoms with Crippen molar-refractivity contribution in [3.05, 3.63) is 48.0 Å². The number of aromatic nitrogens is 2. The maximum absolute atomic E-state index is 12.7. The second-order valence-electron chi connectivity index (χ2n) is 6.91. The van der Waals surface area contributed by atoms with Gasteiger partial charge in [0.2, 0.25) is 17.9 Å². The van der Waals surface area contributed by atoms with Gasteiger partial charge in [0.05, 0.1) is 26.6 Å². The normalized spacial score (nSPS) is 16.7. The summed E-state index contributed by atoms with van der Waals surface area (Å²) in [6.07, 6.45) is -1.65. The fourth-order valence-electron chi connectivity index (χ4n) is 2.97. The maximum atomic E-state index is 12.7. The summed E-state index contributed by atoms with van der Waals surface area (Å²) in [6.45, 7) is -1.59. The summed E-state index contributed by atoms with van der Waals surface area (Å²) in [4.78, 5) is 35.2. The lowest BCUT2D eigenvalue weighted by Gasteiger charge is -2.29. The first-order chi connectivity index (χ1) is 16.8. The van der Waals surface area contributed by atoms with Crippen molar-refractivity contribution in [2.45, 2.75) is 6.18 Å². The van der Waals surface area contributed by atoms with Crippen LogP contribution in [0.3, 0.4) is 0 Å². The molecule has 5 rings (SSSR count). The van der Waals surface area contributed by atoms with E-state index >= 15 is 0 Å². The molecule has 3 aliphatic rings. The van der Waals surface area contributed by atoms with Gasteiger partial charge in [0.25, 0.3) is 0 Å². The Labute approximate surface area is 195 Å². The van der Waals surface area contributed by atoms with Gasteiger partial charge in [-0.1, -0.05) is 0 Å². The highest BCUT2D eigenvalue weighted by Crippen LogP contribution is 2.22. The zero-order chi connectivity index (χ0) is 24.6. The van der Waals surface area contributed by atoms with E-state index in [0.29, 0.717) is 22.9 Å². The van der Waals surface area contributed by atoms with E-state index in [1.54, 1.807) is 24.3 Å². The molecule has 0 atom stereocenters. The van der Waals surface area contributed by atoms with Crippen LogP contribution in [0.4, 0.5) is 13.2 Å². The van der Waals surface area contributed by atoms with Crippen molar-refractivity contribution in [3.8, 4) is 11.5 Å².